The van der Waals surface area contributed by atoms with Gasteiger partial charge in [0.25, 0.3) is 0 Å². The second-order valence-electron chi connectivity index (χ2n) is 2.67. The number of hydrogen-bond donors (Lipinski definition) is 1. The van der Waals surface area contributed by atoms with Gasteiger partial charge in [0.05, 0.1) is 10.2 Å². The van der Waals surface area contributed by atoms with Crippen molar-refractivity contribution in [3.63, 3.8) is 0 Å². The first-order chi connectivity index (χ1) is 6.09. The van der Waals surface area contributed by atoms with Crippen LogP contribution in [-0.4, -0.2) is 4.98 Å². The zero-order valence-electron chi connectivity index (χ0n) is 6.77. The Balaban J connectivity index is 2.92. The quantitative estimate of drug-likeness (QED) is 0.726. The minimum Gasteiger partial charge on any atom is -0.441 e. The Morgan fingerprint density at radius 3 is 3.00 bits per heavy atom. The van der Waals surface area contributed by atoms with Crippen LogP contribution in [0.2, 0.25) is 0 Å². The molecule has 2 aromatic rings. The summed E-state index contributed by atoms with van der Waals surface area (Å²) in [5, 5.41) is 0. The third-order valence-electron chi connectivity index (χ3n) is 1.70. The molecule has 0 radical (unpaired) electrons. The Kier molecular flexibility index (Phi) is 1.76. The summed E-state index contributed by atoms with van der Waals surface area (Å²) >= 11 is 3.07. The second-order valence-corrected chi connectivity index (χ2v) is 3.47. The molecule has 1 aromatic heterocycles. The number of halogens is 2. The monoisotopic (exact) mass is 244 g/mol. The van der Waals surface area contributed by atoms with Crippen LogP contribution >= 0.6 is 15.9 Å². The molecule has 13 heavy (non-hydrogen) atoms. The van der Waals surface area contributed by atoms with Crippen molar-refractivity contribution in [1.82, 2.24) is 4.98 Å². The number of aryl methyl sites for hydroxylation is 1. The molecule has 0 atom stereocenters. The van der Waals surface area contributed by atoms with Gasteiger partial charge in [-0.2, -0.15) is 0 Å². The van der Waals surface area contributed by atoms with Gasteiger partial charge in [0.1, 0.15) is 5.52 Å². The Hall–Kier alpha value is -1.10. The van der Waals surface area contributed by atoms with E-state index >= 15 is 0 Å². The minimum atomic E-state index is -0.499. The molecule has 68 valence electrons. The zero-order valence-corrected chi connectivity index (χ0v) is 8.35. The van der Waals surface area contributed by atoms with Gasteiger partial charge in [-0.25, -0.2) is 9.37 Å². The Labute approximate surface area is 81.9 Å². The average molecular weight is 245 g/mol. The van der Waals surface area contributed by atoms with E-state index in [2.05, 4.69) is 20.9 Å². The van der Waals surface area contributed by atoms with E-state index in [1.165, 1.54) is 6.07 Å². The van der Waals surface area contributed by atoms with Crippen molar-refractivity contribution >= 4 is 32.7 Å². The first-order valence-electron chi connectivity index (χ1n) is 3.60. The standard InChI is InChI=1S/C8H6BrFN2O/c1-3-12-8-5(13-3)2-4(11)7(10)6(8)9/h2H,11H2,1H3. The van der Waals surface area contributed by atoms with Crippen LogP contribution in [0.4, 0.5) is 10.1 Å². The number of nitrogens with zero attached hydrogens (tertiary/aromatic N) is 1. The zero-order chi connectivity index (χ0) is 9.59. The molecule has 0 spiro atoms. The van der Waals surface area contributed by atoms with Gasteiger partial charge in [-0.3, -0.25) is 0 Å². The first-order valence-corrected chi connectivity index (χ1v) is 4.39. The number of rotatable bonds is 0. The maximum atomic E-state index is 13.2. The number of anilines is 1. The van der Waals surface area contributed by atoms with Crippen molar-refractivity contribution in [3.8, 4) is 0 Å². The van der Waals surface area contributed by atoms with E-state index in [-0.39, 0.29) is 10.2 Å². The van der Waals surface area contributed by atoms with E-state index in [9.17, 15) is 4.39 Å². The number of fused-ring (bicyclic) bond motifs is 1. The van der Waals surface area contributed by atoms with Gasteiger partial charge in [-0.15, -0.1) is 0 Å². The van der Waals surface area contributed by atoms with Gasteiger partial charge in [0.15, 0.2) is 17.3 Å². The van der Waals surface area contributed by atoms with Crippen LogP contribution in [-0.2, 0) is 0 Å². The summed E-state index contributed by atoms with van der Waals surface area (Å²) in [7, 11) is 0. The summed E-state index contributed by atoms with van der Waals surface area (Å²) in [4.78, 5) is 4.01. The molecular formula is C8H6BrFN2O. The second kappa shape index (κ2) is 2.70. The number of benzene rings is 1. The molecule has 0 bridgehead atoms. The Bertz CT molecular complexity index is 480. The molecule has 2 N–H and O–H groups in total. The van der Waals surface area contributed by atoms with Gasteiger partial charge in [-0.1, -0.05) is 0 Å². The summed E-state index contributed by atoms with van der Waals surface area (Å²) in [6.45, 7) is 1.69. The third kappa shape index (κ3) is 1.19. The summed E-state index contributed by atoms with van der Waals surface area (Å²) in [6, 6.07) is 1.43. The molecule has 0 aliphatic rings. The summed E-state index contributed by atoms with van der Waals surface area (Å²) in [5.41, 5.74) is 6.41. The third-order valence-corrected chi connectivity index (χ3v) is 2.42. The van der Waals surface area contributed by atoms with Crippen molar-refractivity contribution in [2.24, 2.45) is 0 Å². The van der Waals surface area contributed by atoms with Gasteiger partial charge < -0.3 is 10.2 Å². The molecule has 0 amide bonds. The van der Waals surface area contributed by atoms with E-state index in [1.54, 1.807) is 6.92 Å². The molecule has 1 aromatic carbocycles. The SMILES string of the molecule is Cc1nc2c(Br)c(F)c(N)cc2o1. The molecule has 0 aliphatic carbocycles. The van der Waals surface area contributed by atoms with E-state index in [1.807, 2.05) is 0 Å². The normalized spacial score (nSPS) is 11.0. The largest absolute Gasteiger partial charge is 0.441 e. The fourth-order valence-corrected chi connectivity index (χ4v) is 1.65. The van der Waals surface area contributed by atoms with Gasteiger partial charge in [0, 0.05) is 13.0 Å². The molecular weight excluding hydrogens is 239 g/mol. The van der Waals surface area contributed by atoms with Gasteiger partial charge in [-0.05, 0) is 15.9 Å². The van der Waals surface area contributed by atoms with E-state index < -0.39 is 5.82 Å². The lowest BCUT2D eigenvalue weighted by atomic mass is 10.3. The van der Waals surface area contributed by atoms with Crippen LogP contribution in [0.5, 0.6) is 0 Å². The number of hydrogen-bond acceptors (Lipinski definition) is 3. The number of nitrogen functional groups attached to an aromatic ring is 1. The van der Waals surface area contributed by atoms with Crippen LogP contribution < -0.4 is 5.73 Å². The highest BCUT2D eigenvalue weighted by Crippen LogP contribution is 2.30. The lowest BCUT2D eigenvalue weighted by Gasteiger charge is -1.97. The fourth-order valence-electron chi connectivity index (χ4n) is 1.13. The van der Waals surface area contributed by atoms with Crippen molar-refractivity contribution in [1.29, 1.82) is 0 Å². The fraction of sp³-hybridized carbons (Fsp3) is 0.125. The van der Waals surface area contributed by atoms with Crippen molar-refractivity contribution in [2.75, 3.05) is 5.73 Å². The lowest BCUT2D eigenvalue weighted by Crippen LogP contribution is -1.91. The van der Waals surface area contributed by atoms with Crippen LogP contribution in [0.1, 0.15) is 5.89 Å². The van der Waals surface area contributed by atoms with Crippen LogP contribution in [0.15, 0.2) is 15.0 Å². The first kappa shape index (κ1) is 8.50. The number of nitrogens with two attached hydrogens (primary N) is 1. The predicted molar refractivity (Wildman–Crippen MR) is 50.8 cm³/mol. The van der Waals surface area contributed by atoms with Crippen LogP contribution in [0, 0.1) is 12.7 Å². The van der Waals surface area contributed by atoms with Gasteiger partial charge in [0.2, 0.25) is 0 Å². The smallest absolute Gasteiger partial charge is 0.192 e. The average Bonchev–Trinajstić information content (AvgIpc) is 2.42. The molecule has 5 heteroatoms. The molecule has 0 saturated heterocycles. The predicted octanol–water partition coefficient (Wildman–Crippen LogP) is 2.62. The van der Waals surface area contributed by atoms with Gasteiger partial charge >= 0.3 is 0 Å². The highest BCUT2D eigenvalue weighted by molar-refractivity contribution is 9.10. The van der Waals surface area contributed by atoms with Crippen molar-refractivity contribution in [3.05, 3.63) is 22.2 Å². The summed E-state index contributed by atoms with van der Waals surface area (Å²) < 4.78 is 18.7. The molecule has 0 fully saturated rings. The van der Waals surface area contributed by atoms with Crippen LogP contribution in [0.25, 0.3) is 11.1 Å². The maximum absolute atomic E-state index is 13.2. The minimum absolute atomic E-state index is 0.0514. The topological polar surface area (TPSA) is 52.0 Å². The summed E-state index contributed by atoms with van der Waals surface area (Å²) in [5.74, 6) is -0.0125. The molecule has 2 rings (SSSR count). The van der Waals surface area contributed by atoms with E-state index in [0.29, 0.717) is 17.0 Å². The maximum Gasteiger partial charge on any atom is 0.192 e. The highest BCUT2D eigenvalue weighted by Gasteiger charge is 2.13. The van der Waals surface area contributed by atoms with E-state index in [4.69, 9.17) is 10.2 Å². The number of aromatic nitrogens is 1. The summed E-state index contributed by atoms with van der Waals surface area (Å²) in [6.07, 6.45) is 0. The Morgan fingerprint density at radius 2 is 2.31 bits per heavy atom. The molecule has 0 aliphatic heterocycles. The Morgan fingerprint density at radius 1 is 1.62 bits per heavy atom. The molecule has 1 heterocycles. The molecule has 0 saturated carbocycles. The highest BCUT2D eigenvalue weighted by atomic mass is 79.9. The van der Waals surface area contributed by atoms with Crippen molar-refractivity contribution in [2.45, 2.75) is 6.92 Å². The number of oxazole rings is 1. The molecule has 0 unspecified atom stereocenters. The van der Waals surface area contributed by atoms with Crippen LogP contribution in [0.3, 0.4) is 0 Å². The molecule has 3 nitrogen and oxygen atoms in total. The van der Waals surface area contributed by atoms with E-state index in [0.717, 1.165) is 0 Å². The van der Waals surface area contributed by atoms with Crippen molar-refractivity contribution < 1.29 is 8.81 Å². The lowest BCUT2D eigenvalue weighted by molar-refractivity contribution is 0.560.